The lowest BCUT2D eigenvalue weighted by atomic mass is 10.1. The lowest BCUT2D eigenvalue weighted by Gasteiger charge is -2.14. The highest BCUT2D eigenvalue weighted by Crippen LogP contribution is 2.30. The number of carbonyl (C=O) groups excluding carboxylic acids is 1. The Kier molecular flexibility index (Phi) is 7.39. The zero-order valence-corrected chi connectivity index (χ0v) is 20.1. The Morgan fingerprint density at radius 3 is 2.62 bits per heavy atom. The summed E-state index contributed by atoms with van der Waals surface area (Å²) in [7, 11) is 0. The number of carbonyl (C=O) groups is 1. The molecular formula is C25H25F3N8O. The van der Waals surface area contributed by atoms with E-state index in [4.69, 9.17) is 5.73 Å². The van der Waals surface area contributed by atoms with Gasteiger partial charge < -0.3 is 21.7 Å². The number of hydrogen-bond donors (Lipinski definition) is 4. The van der Waals surface area contributed by atoms with E-state index in [9.17, 15) is 18.0 Å². The second-order valence-corrected chi connectivity index (χ2v) is 8.25. The van der Waals surface area contributed by atoms with Crippen molar-refractivity contribution < 1.29 is 18.0 Å². The van der Waals surface area contributed by atoms with Crippen molar-refractivity contribution in [2.75, 3.05) is 29.0 Å². The molecule has 5 N–H and O–H groups in total. The Balaban J connectivity index is 1.57. The van der Waals surface area contributed by atoms with Crippen LogP contribution in [0.1, 0.15) is 27.2 Å². The summed E-state index contributed by atoms with van der Waals surface area (Å²) >= 11 is 0. The number of rotatable bonds is 8. The van der Waals surface area contributed by atoms with E-state index in [1.165, 1.54) is 18.5 Å². The van der Waals surface area contributed by atoms with Gasteiger partial charge in [-0.1, -0.05) is 12.1 Å². The highest BCUT2D eigenvalue weighted by Gasteiger charge is 2.30. The molecule has 0 spiro atoms. The van der Waals surface area contributed by atoms with Gasteiger partial charge in [-0.05, 0) is 49.7 Å². The van der Waals surface area contributed by atoms with E-state index in [1.807, 2.05) is 19.9 Å². The molecule has 9 nitrogen and oxygen atoms in total. The molecule has 0 aliphatic rings. The number of hydrogen-bond acceptors (Lipinski definition) is 7. The normalized spacial score (nSPS) is 11.3. The molecule has 0 saturated carbocycles. The average Bonchev–Trinajstić information content (AvgIpc) is 3.24. The van der Waals surface area contributed by atoms with Crippen molar-refractivity contribution in [1.82, 2.24) is 19.7 Å². The van der Waals surface area contributed by atoms with Gasteiger partial charge in [-0.3, -0.25) is 4.79 Å². The number of aryl methyl sites for hydroxylation is 2. The van der Waals surface area contributed by atoms with Crippen molar-refractivity contribution in [3.63, 3.8) is 0 Å². The Morgan fingerprint density at radius 2 is 1.86 bits per heavy atom. The van der Waals surface area contributed by atoms with Gasteiger partial charge in [-0.2, -0.15) is 23.0 Å². The Hall–Kier alpha value is -4.45. The quantitative estimate of drug-likeness (QED) is 0.272. The van der Waals surface area contributed by atoms with Gasteiger partial charge in [0.25, 0.3) is 5.91 Å². The predicted octanol–water partition coefficient (Wildman–Crippen LogP) is 4.66. The fourth-order valence-electron chi connectivity index (χ4n) is 3.54. The summed E-state index contributed by atoms with van der Waals surface area (Å²) in [6.45, 7) is 4.73. The van der Waals surface area contributed by atoms with Crippen LogP contribution in [0.5, 0.6) is 0 Å². The maximum absolute atomic E-state index is 13.0. The molecule has 0 unspecified atom stereocenters. The van der Waals surface area contributed by atoms with Crippen molar-refractivity contribution >= 4 is 28.9 Å². The van der Waals surface area contributed by atoms with Crippen LogP contribution in [0.25, 0.3) is 5.82 Å². The molecule has 2 aromatic carbocycles. The van der Waals surface area contributed by atoms with E-state index in [1.54, 1.807) is 28.9 Å². The molecule has 192 valence electrons. The highest BCUT2D eigenvalue weighted by molar-refractivity contribution is 6.04. The monoisotopic (exact) mass is 510 g/mol. The molecule has 0 fully saturated rings. The van der Waals surface area contributed by atoms with E-state index in [-0.39, 0.29) is 5.56 Å². The molecular weight excluding hydrogens is 485 g/mol. The first-order valence-electron chi connectivity index (χ1n) is 11.3. The first kappa shape index (κ1) is 25.6. The molecule has 1 amide bonds. The van der Waals surface area contributed by atoms with Crippen molar-refractivity contribution in [2.24, 2.45) is 5.73 Å². The second kappa shape index (κ2) is 10.7. The lowest BCUT2D eigenvalue weighted by Crippen LogP contribution is -2.15. The summed E-state index contributed by atoms with van der Waals surface area (Å²) in [5, 5.41) is 13.6. The molecule has 12 heteroatoms. The van der Waals surface area contributed by atoms with Crippen LogP contribution in [0.4, 0.5) is 36.2 Å². The number of amides is 1. The molecule has 0 saturated heterocycles. The molecule has 0 radical (unpaired) electrons. The average molecular weight is 511 g/mol. The fourth-order valence-corrected chi connectivity index (χ4v) is 3.54. The SMILES string of the molecule is Cc1cc(Nc2cc(NC(=O)c3cccc(C(F)(F)F)c3)ccc2C)n(-c2cc(NCCN)ncn2)n1. The number of aromatic nitrogens is 4. The van der Waals surface area contributed by atoms with Gasteiger partial charge in [0.15, 0.2) is 5.82 Å². The molecule has 2 aromatic heterocycles. The Labute approximate surface area is 210 Å². The first-order valence-corrected chi connectivity index (χ1v) is 11.3. The van der Waals surface area contributed by atoms with E-state index in [0.29, 0.717) is 41.9 Å². The third-order valence-corrected chi connectivity index (χ3v) is 5.36. The molecule has 37 heavy (non-hydrogen) atoms. The van der Waals surface area contributed by atoms with Crippen molar-refractivity contribution in [2.45, 2.75) is 20.0 Å². The predicted molar refractivity (Wildman–Crippen MR) is 135 cm³/mol. The first-order chi connectivity index (χ1) is 17.6. The molecule has 4 rings (SSSR count). The number of benzene rings is 2. The number of anilines is 4. The summed E-state index contributed by atoms with van der Waals surface area (Å²) in [6.07, 6.45) is -3.12. The highest BCUT2D eigenvalue weighted by atomic mass is 19.4. The number of nitrogens with zero attached hydrogens (tertiary/aromatic N) is 4. The number of nitrogens with one attached hydrogen (secondary N) is 3. The van der Waals surface area contributed by atoms with Gasteiger partial charge in [-0.25, -0.2) is 9.97 Å². The fraction of sp³-hybridized carbons (Fsp3) is 0.200. The molecule has 0 aliphatic carbocycles. The third kappa shape index (κ3) is 6.22. The van der Waals surface area contributed by atoms with Crippen molar-refractivity contribution in [3.05, 3.63) is 83.3 Å². The van der Waals surface area contributed by atoms with Crippen molar-refractivity contribution in [3.8, 4) is 5.82 Å². The van der Waals surface area contributed by atoms with Crippen LogP contribution in [0.2, 0.25) is 0 Å². The standard InChI is InChI=1S/C25H25F3N8O/c1-15-6-7-19(33-24(37)17-4-3-5-18(11-17)25(26,27)28)12-20(15)34-23-10-16(2)35-36(23)22-13-21(30-9-8-29)31-14-32-22/h3-7,10-14,34H,8-9,29H2,1-2H3,(H,33,37)(H,30,31,32). The third-order valence-electron chi connectivity index (χ3n) is 5.36. The van der Waals surface area contributed by atoms with E-state index >= 15 is 0 Å². The van der Waals surface area contributed by atoms with Gasteiger partial charge in [-0.15, -0.1) is 0 Å². The summed E-state index contributed by atoms with van der Waals surface area (Å²) in [6, 6.07) is 13.0. The minimum absolute atomic E-state index is 0.0959. The maximum atomic E-state index is 13.0. The largest absolute Gasteiger partial charge is 0.416 e. The van der Waals surface area contributed by atoms with Crippen LogP contribution in [0.15, 0.2) is 60.9 Å². The van der Waals surface area contributed by atoms with Gasteiger partial charge in [0.2, 0.25) is 0 Å². The van der Waals surface area contributed by atoms with Crippen LogP contribution in [-0.4, -0.2) is 38.7 Å². The van der Waals surface area contributed by atoms with Gasteiger partial charge >= 0.3 is 6.18 Å². The summed E-state index contributed by atoms with van der Waals surface area (Å²) in [4.78, 5) is 21.1. The van der Waals surface area contributed by atoms with Gasteiger partial charge in [0, 0.05) is 42.2 Å². The Morgan fingerprint density at radius 1 is 1.05 bits per heavy atom. The van der Waals surface area contributed by atoms with E-state index in [2.05, 4.69) is 31.0 Å². The molecule has 0 aliphatic heterocycles. The minimum atomic E-state index is -4.54. The number of alkyl halides is 3. The van der Waals surface area contributed by atoms with Crippen LogP contribution in [-0.2, 0) is 6.18 Å². The van der Waals surface area contributed by atoms with Crippen LogP contribution in [0, 0.1) is 13.8 Å². The zero-order valence-electron chi connectivity index (χ0n) is 20.1. The maximum Gasteiger partial charge on any atom is 0.416 e. The number of halogens is 3. The van der Waals surface area contributed by atoms with E-state index in [0.717, 1.165) is 23.4 Å². The lowest BCUT2D eigenvalue weighted by molar-refractivity contribution is -0.137. The van der Waals surface area contributed by atoms with Gasteiger partial charge in [0.05, 0.1) is 11.3 Å². The summed E-state index contributed by atoms with van der Waals surface area (Å²) in [5.41, 5.74) is 7.25. The topological polar surface area (TPSA) is 123 Å². The summed E-state index contributed by atoms with van der Waals surface area (Å²) < 4.78 is 40.7. The molecule has 2 heterocycles. The van der Waals surface area contributed by atoms with E-state index < -0.39 is 17.6 Å². The van der Waals surface area contributed by atoms with Crippen LogP contribution < -0.4 is 21.7 Å². The Bertz CT molecular complexity index is 1420. The molecule has 0 atom stereocenters. The van der Waals surface area contributed by atoms with Gasteiger partial charge in [0.1, 0.15) is 18.0 Å². The minimum Gasteiger partial charge on any atom is -0.369 e. The smallest absolute Gasteiger partial charge is 0.369 e. The van der Waals surface area contributed by atoms with Crippen molar-refractivity contribution in [1.29, 1.82) is 0 Å². The second-order valence-electron chi connectivity index (χ2n) is 8.25. The zero-order chi connectivity index (χ0) is 26.6. The number of nitrogens with two attached hydrogens (primary N) is 1. The van der Waals surface area contributed by atoms with Crippen LogP contribution >= 0.6 is 0 Å². The summed E-state index contributed by atoms with van der Waals surface area (Å²) in [5.74, 6) is 1.09. The molecule has 4 aromatic rings. The molecule has 0 bridgehead atoms. The van der Waals surface area contributed by atoms with Crippen LogP contribution in [0.3, 0.4) is 0 Å².